The number of alkyl halides is 3. The molecule has 28 heavy (non-hydrogen) atoms. The predicted molar refractivity (Wildman–Crippen MR) is 90.6 cm³/mol. The molecule has 3 aromatic rings. The Bertz CT molecular complexity index is 1010. The molecule has 4 rings (SSSR count). The average Bonchev–Trinajstić information content (AvgIpc) is 3.33. The minimum absolute atomic E-state index is 0.146. The molecule has 0 N–H and O–H groups in total. The van der Waals surface area contributed by atoms with Crippen molar-refractivity contribution < 1.29 is 31.6 Å². The predicted octanol–water partition coefficient (Wildman–Crippen LogP) is 4.16. The number of halogens is 3. The van der Waals surface area contributed by atoms with Gasteiger partial charge in [0.25, 0.3) is 11.9 Å². The monoisotopic (exact) mass is 392 g/mol. The van der Waals surface area contributed by atoms with Gasteiger partial charge in [-0.15, -0.1) is 0 Å². The molecule has 0 saturated heterocycles. The number of rotatable bonds is 3. The smallest absolute Gasteiger partial charge is 0.416 e. The molecule has 0 saturated carbocycles. The standard InChI is InChI=1S/C19H15F3N2O4/c1-26-16-7-6-15(27-16)18(25)24-9-8-14-13(10-24)17(23-28-14)11-2-4-12(5-3-11)19(20,21)22/h2-7H,8-10H2,1H3. The van der Waals surface area contributed by atoms with E-state index in [0.717, 1.165) is 12.1 Å². The molecular weight excluding hydrogens is 377 g/mol. The van der Waals surface area contributed by atoms with Crippen LogP contribution in [0.1, 0.15) is 27.4 Å². The number of carbonyl (C=O) groups is 1. The van der Waals surface area contributed by atoms with Crippen LogP contribution in [-0.4, -0.2) is 29.6 Å². The molecule has 0 fully saturated rings. The first-order chi connectivity index (χ1) is 13.4. The van der Waals surface area contributed by atoms with Crippen molar-refractivity contribution in [1.29, 1.82) is 0 Å². The number of amides is 1. The van der Waals surface area contributed by atoms with Crippen LogP contribution in [0.15, 0.2) is 45.3 Å². The van der Waals surface area contributed by atoms with Crippen molar-refractivity contribution in [2.75, 3.05) is 13.7 Å². The summed E-state index contributed by atoms with van der Waals surface area (Å²) < 4.78 is 53.9. The largest absolute Gasteiger partial charge is 0.468 e. The number of nitrogens with zero attached hydrogens (tertiary/aromatic N) is 2. The number of methoxy groups -OCH3 is 1. The number of furan rings is 1. The summed E-state index contributed by atoms with van der Waals surface area (Å²) in [7, 11) is 1.44. The molecule has 3 heterocycles. The molecule has 6 nitrogen and oxygen atoms in total. The van der Waals surface area contributed by atoms with Gasteiger partial charge in [-0.05, 0) is 18.2 Å². The Morgan fingerprint density at radius 3 is 2.57 bits per heavy atom. The highest BCUT2D eigenvalue weighted by atomic mass is 19.4. The molecule has 1 amide bonds. The van der Waals surface area contributed by atoms with Crippen molar-refractivity contribution >= 4 is 5.91 Å². The molecule has 1 aromatic carbocycles. The summed E-state index contributed by atoms with van der Waals surface area (Å²) in [5.41, 5.74) is 0.861. The number of ether oxygens (including phenoxy) is 1. The first kappa shape index (κ1) is 18.1. The average molecular weight is 392 g/mol. The van der Waals surface area contributed by atoms with Crippen molar-refractivity contribution in [2.45, 2.75) is 19.1 Å². The molecular formula is C19H15F3N2O4. The van der Waals surface area contributed by atoms with Crippen LogP contribution < -0.4 is 4.74 Å². The number of carbonyl (C=O) groups excluding carboxylic acids is 1. The van der Waals surface area contributed by atoms with E-state index in [2.05, 4.69) is 5.16 Å². The van der Waals surface area contributed by atoms with Crippen LogP contribution in [0.4, 0.5) is 13.2 Å². The molecule has 0 radical (unpaired) electrons. The Kier molecular flexibility index (Phi) is 4.37. The quantitative estimate of drug-likeness (QED) is 0.670. The summed E-state index contributed by atoms with van der Waals surface area (Å²) in [4.78, 5) is 14.2. The second-order valence-electron chi connectivity index (χ2n) is 6.31. The zero-order valence-corrected chi connectivity index (χ0v) is 14.7. The van der Waals surface area contributed by atoms with Gasteiger partial charge in [-0.3, -0.25) is 4.79 Å². The highest BCUT2D eigenvalue weighted by molar-refractivity contribution is 5.92. The summed E-state index contributed by atoms with van der Waals surface area (Å²) in [5, 5.41) is 4.01. The fourth-order valence-corrected chi connectivity index (χ4v) is 3.13. The topological polar surface area (TPSA) is 68.7 Å². The maximum absolute atomic E-state index is 12.8. The van der Waals surface area contributed by atoms with Crippen molar-refractivity contribution in [1.82, 2.24) is 10.1 Å². The number of hydrogen-bond donors (Lipinski definition) is 0. The van der Waals surface area contributed by atoms with E-state index < -0.39 is 11.7 Å². The van der Waals surface area contributed by atoms with E-state index in [1.165, 1.54) is 25.3 Å². The molecule has 0 unspecified atom stereocenters. The SMILES string of the molecule is COc1ccc(C(=O)N2CCc3onc(-c4ccc(C(F)(F)F)cc4)c3C2)o1. The van der Waals surface area contributed by atoms with E-state index in [-0.39, 0.29) is 24.2 Å². The number of hydrogen-bond acceptors (Lipinski definition) is 5. The van der Waals surface area contributed by atoms with Gasteiger partial charge in [0, 0.05) is 30.2 Å². The Labute approximate surface area is 157 Å². The summed E-state index contributed by atoms with van der Waals surface area (Å²) >= 11 is 0. The van der Waals surface area contributed by atoms with Crippen molar-refractivity contribution in [3.8, 4) is 17.2 Å². The second kappa shape index (κ2) is 6.74. The van der Waals surface area contributed by atoms with Crippen molar-refractivity contribution in [2.24, 2.45) is 0 Å². The van der Waals surface area contributed by atoms with Gasteiger partial charge in [0.1, 0.15) is 11.5 Å². The summed E-state index contributed by atoms with van der Waals surface area (Å²) in [5.74, 6) is 0.689. The lowest BCUT2D eigenvalue weighted by Gasteiger charge is -2.25. The lowest BCUT2D eigenvalue weighted by atomic mass is 10.0. The minimum Gasteiger partial charge on any atom is -0.468 e. The third kappa shape index (κ3) is 3.23. The van der Waals surface area contributed by atoms with E-state index in [0.29, 0.717) is 35.5 Å². The third-order valence-corrected chi connectivity index (χ3v) is 4.59. The fraction of sp³-hybridized carbons (Fsp3) is 0.263. The molecule has 146 valence electrons. The lowest BCUT2D eigenvalue weighted by molar-refractivity contribution is -0.137. The first-order valence-electron chi connectivity index (χ1n) is 8.45. The second-order valence-corrected chi connectivity index (χ2v) is 6.31. The van der Waals surface area contributed by atoms with Crippen molar-refractivity contribution in [3.05, 3.63) is 59.0 Å². The van der Waals surface area contributed by atoms with Crippen molar-refractivity contribution in [3.63, 3.8) is 0 Å². The maximum atomic E-state index is 12.8. The maximum Gasteiger partial charge on any atom is 0.416 e. The summed E-state index contributed by atoms with van der Waals surface area (Å²) in [6, 6.07) is 7.77. The van der Waals surface area contributed by atoms with Gasteiger partial charge in [-0.25, -0.2) is 0 Å². The van der Waals surface area contributed by atoms with E-state index in [1.807, 2.05) is 0 Å². The normalized spacial score (nSPS) is 14.1. The highest BCUT2D eigenvalue weighted by Crippen LogP contribution is 2.34. The number of aromatic nitrogens is 1. The summed E-state index contributed by atoms with van der Waals surface area (Å²) in [6.45, 7) is 0.632. The Morgan fingerprint density at radius 1 is 1.18 bits per heavy atom. The van der Waals surface area contributed by atoms with Crippen LogP contribution >= 0.6 is 0 Å². The minimum atomic E-state index is -4.41. The van der Waals surface area contributed by atoms with Gasteiger partial charge in [0.05, 0.1) is 19.2 Å². The lowest BCUT2D eigenvalue weighted by Crippen LogP contribution is -2.35. The Morgan fingerprint density at radius 2 is 1.93 bits per heavy atom. The molecule has 0 spiro atoms. The van der Waals surface area contributed by atoms with E-state index in [9.17, 15) is 18.0 Å². The van der Waals surface area contributed by atoms with Crippen LogP contribution in [0.2, 0.25) is 0 Å². The molecule has 0 aliphatic carbocycles. The molecule has 0 atom stereocenters. The van der Waals surface area contributed by atoms with E-state index in [4.69, 9.17) is 13.7 Å². The number of fused-ring (bicyclic) bond motifs is 1. The van der Waals surface area contributed by atoms with Gasteiger partial charge in [-0.2, -0.15) is 13.2 Å². The Balaban J connectivity index is 1.59. The van der Waals surface area contributed by atoms with Crippen LogP contribution in [0.3, 0.4) is 0 Å². The number of benzene rings is 1. The van der Waals surface area contributed by atoms with Gasteiger partial charge < -0.3 is 18.6 Å². The zero-order valence-electron chi connectivity index (χ0n) is 14.7. The van der Waals surface area contributed by atoms with Crippen LogP contribution in [-0.2, 0) is 19.1 Å². The van der Waals surface area contributed by atoms with E-state index in [1.54, 1.807) is 11.0 Å². The molecule has 0 bridgehead atoms. The molecule has 2 aromatic heterocycles. The fourth-order valence-electron chi connectivity index (χ4n) is 3.13. The molecule has 9 heteroatoms. The van der Waals surface area contributed by atoms with Gasteiger partial charge in [-0.1, -0.05) is 17.3 Å². The Hall–Kier alpha value is -3.23. The zero-order chi connectivity index (χ0) is 19.9. The van der Waals surface area contributed by atoms with Crippen LogP contribution in [0.25, 0.3) is 11.3 Å². The molecule has 1 aliphatic heterocycles. The molecule has 1 aliphatic rings. The van der Waals surface area contributed by atoms with Gasteiger partial charge in [0.2, 0.25) is 0 Å². The first-order valence-corrected chi connectivity index (χ1v) is 8.45. The summed E-state index contributed by atoms with van der Waals surface area (Å²) in [6.07, 6.45) is -3.96. The highest BCUT2D eigenvalue weighted by Gasteiger charge is 2.32. The van der Waals surface area contributed by atoms with Gasteiger partial charge in [0.15, 0.2) is 5.76 Å². The van der Waals surface area contributed by atoms with E-state index >= 15 is 0 Å². The van der Waals surface area contributed by atoms with Crippen LogP contribution in [0.5, 0.6) is 5.95 Å². The van der Waals surface area contributed by atoms with Gasteiger partial charge >= 0.3 is 6.18 Å². The third-order valence-electron chi connectivity index (χ3n) is 4.59. The van der Waals surface area contributed by atoms with Crippen LogP contribution in [0, 0.1) is 0 Å².